The van der Waals surface area contributed by atoms with E-state index in [1.165, 1.54) is 22.7 Å². The van der Waals surface area contributed by atoms with Gasteiger partial charge in [-0.05, 0) is 37.1 Å². The lowest BCUT2D eigenvalue weighted by Crippen LogP contribution is -2.44. The van der Waals surface area contributed by atoms with Crippen molar-refractivity contribution in [2.75, 3.05) is 21.3 Å². The van der Waals surface area contributed by atoms with Gasteiger partial charge in [0.25, 0.3) is 11.8 Å². The summed E-state index contributed by atoms with van der Waals surface area (Å²) < 4.78 is 52.6. The summed E-state index contributed by atoms with van der Waals surface area (Å²) >= 11 is 2.59. The number of nitrogens with one attached hydrogen (secondary N) is 4. The summed E-state index contributed by atoms with van der Waals surface area (Å²) in [6, 6.07) is 9.54. The largest absolute Gasteiger partial charge is 0.367 e. The Hall–Kier alpha value is -4.32. The van der Waals surface area contributed by atoms with Crippen LogP contribution in [0, 0.1) is 0 Å². The van der Waals surface area contributed by atoms with Crippen molar-refractivity contribution in [3.05, 3.63) is 57.8 Å². The molecule has 6 rings (SSSR count). The van der Waals surface area contributed by atoms with Crippen LogP contribution >= 0.6 is 22.7 Å². The third kappa shape index (κ3) is 9.89. The maximum atomic E-state index is 13.2. The minimum Gasteiger partial charge on any atom is -0.367 e. The molecule has 0 unspecified atom stereocenters. The first kappa shape index (κ1) is 35.5. The first-order valence-corrected chi connectivity index (χ1v) is 18.0. The molecule has 0 saturated heterocycles. The number of aryl methyl sites for hydroxylation is 1. The molecule has 0 radical (unpaired) electrons. The molecule has 4 aromatic rings. The topological polar surface area (TPSA) is 160 Å². The summed E-state index contributed by atoms with van der Waals surface area (Å²) in [4.78, 5) is 34.2. The zero-order chi connectivity index (χ0) is 35.3. The van der Waals surface area contributed by atoms with Gasteiger partial charge in [-0.3, -0.25) is 9.59 Å². The lowest BCUT2D eigenvalue weighted by atomic mass is 9.88. The number of nitrogens with zero attached hydrogens (tertiary/aromatic N) is 6. The molecular formula is C32H36F4N10O2S2. The number of halogens is 4. The van der Waals surface area contributed by atoms with Crippen molar-refractivity contribution in [3.8, 4) is 0 Å². The second kappa shape index (κ2) is 15.3. The van der Waals surface area contributed by atoms with Crippen LogP contribution in [0.1, 0.15) is 79.2 Å². The molecule has 18 heteroatoms. The summed E-state index contributed by atoms with van der Waals surface area (Å²) in [6.07, 6.45) is 2.13. The Labute approximate surface area is 293 Å². The summed E-state index contributed by atoms with van der Waals surface area (Å²) in [5.74, 6) is -4.92. The molecule has 4 aromatic heterocycles. The fourth-order valence-corrected chi connectivity index (χ4v) is 7.51. The normalized spacial score (nSPS) is 17.3. The standard InChI is InChI=1S/C32H36F4N10O2S2/c1-2-5-18(28-44-46-30(50-28)42-26(48)13-20-7-4-9-24(38-20)40-22-16-32(35,36)17-22)10-11-27-43-45-29(49-27)41-25(47)12-19-6-3-8-23(37-19)39-21-14-31(33,34)15-21/h3-4,6-9,18,21-22H,2,5,10-17H2,1H3,(H,37,39)(H,38,40)(H,41,45,47)(H,42,46,48)/t18-/m0/s1. The van der Waals surface area contributed by atoms with Gasteiger partial charge in [0, 0.05) is 50.1 Å². The summed E-state index contributed by atoms with van der Waals surface area (Å²) in [5.41, 5.74) is 0.997. The molecule has 266 valence electrons. The lowest BCUT2D eigenvalue weighted by molar-refractivity contribution is -0.116. The van der Waals surface area contributed by atoms with E-state index in [1.807, 2.05) is 0 Å². The van der Waals surface area contributed by atoms with E-state index in [1.54, 1.807) is 36.4 Å². The zero-order valence-electron chi connectivity index (χ0n) is 27.1. The number of aromatic nitrogens is 6. The van der Waals surface area contributed by atoms with Crippen LogP contribution in [-0.4, -0.2) is 66.1 Å². The number of rotatable bonds is 16. The second-order valence-corrected chi connectivity index (χ2v) is 14.7. The molecule has 0 aliphatic heterocycles. The Bertz CT molecular complexity index is 1790. The van der Waals surface area contributed by atoms with Crippen LogP contribution in [0.4, 0.5) is 39.5 Å². The number of hydrogen-bond acceptors (Lipinski definition) is 12. The highest BCUT2D eigenvalue weighted by molar-refractivity contribution is 7.15. The highest BCUT2D eigenvalue weighted by Gasteiger charge is 2.46. The van der Waals surface area contributed by atoms with Crippen LogP contribution < -0.4 is 21.3 Å². The van der Waals surface area contributed by atoms with Gasteiger partial charge in [-0.2, -0.15) is 0 Å². The number of anilines is 4. The summed E-state index contributed by atoms with van der Waals surface area (Å²) in [7, 11) is 0. The molecule has 2 aliphatic rings. The van der Waals surface area contributed by atoms with Crippen molar-refractivity contribution in [2.24, 2.45) is 0 Å². The highest BCUT2D eigenvalue weighted by Crippen LogP contribution is 2.40. The van der Waals surface area contributed by atoms with Gasteiger partial charge in [0.2, 0.25) is 22.1 Å². The number of pyridine rings is 2. The van der Waals surface area contributed by atoms with Crippen molar-refractivity contribution in [3.63, 3.8) is 0 Å². The van der Waals surface area contributed by atoms with Gasteiger partial charge in [0.15, 0.2) is 0 Å². The fraction of sp³-hybridized carbons (Fsp3) is 0.500. The third-order valence-electron chi connectivity index (χ3n) is 8.27. The Morgan fingerprint density at radius 1 is 0.760 bits per heavy atom. The van der Waals surface area contributed by atoms with Gasteiger partial charge in [-0.1, -0.05) is 48.2 Å². The molecule has 50 heavy (non-hydrogen) atoms. The van der Waals surface area contributed by atoms with E-state index in [9.17, 15) is 27.2 Å². The third-order valence-corrected chi connectivity index (χ3v) is 10.2. The summed E-state index contributed by atoms with van der Waals surface area (Å²) in [5, 5.41) is 30.6. The average molecular weight is 733 g/mol. The van der Waals surface area contributed by atoms with Crippen molar-refractivity contribution >= 4 is 56.4 Å². The molecule has 2 aliphatic carbocycles. The van der Waals surface area contributed by atoms with E-state index in [-0.39, 0.29) is 68.3 Å². The van der Waals surface area contributed by atoms with Crippen LogP contribution in [-0.2, 0) is 28.9 Å². The molecule has 12 nitrogen and oxygen atoms in total. The van der Waals surface area contributed by atoms with E-state index in [0.717, 1.165) is 22.9 Å². The molecule has 2 amide bonds. The van der Waals surface area contributed by atoms with Crippen LogP contribution in [0.3, 0.4) is 0 Å². The number of carbonyl (C=O) groups is 2. The Balaban J connectivity index is 0.955. The summed E-state index contributed by atoms with van der Waals surface area (Å²) in [6.45, 7) is 2.08. The highest BCUT2D eigenvalue weighted by atomic mass is 32.1. The lowest BCUT2D eigenvalue weighted by Gasteiger charge is -2.35. The smallest absolute Gasteiger partial charge is 0.252 e. The predicted molar refractivity (Wildman–Crippen MR) is 182 cm³/mol. The van der Waals surface area contributed by atoms with Crippen LogP contribution in [0.25, 0.3) is 0 Å². The first-order valence-electron chi connectivity index (χ1n) is 16.4. The fourth-order valence-electron chi connectivity index (χ4n) is 5.81. The van der Waals surface area contributed by atoms with E-state index < -0.39 is 11.8 Å². The van der Waals surface area contributed by atoms with Crippen molar-refractivity contribution in [2.45, 2.75) is 101 Å². The predicted octanol–water partition coefficient (Wildman–Crippen LogP) is 6.48. The van der Waals surface area contributed by atoms with Gasteiger partial charge in [-0.15, -0.1) is 20.4 Å². The molecule has 0 spiro atoms. The molecule has 0 bridgehead atoms. The molecule has 0 aromatic carbocycles. The van der Waals surface area contributed by atoms with E-state index in [4.69, 9.17) is 0 Å². The number of hydrogen-bond donors (Lipinski definition) is 4. The molecule has 1 atom stereocenters. The average Bonchev–Trinajstić information content (AvgIpc) is 3.67. The molecule has 2 saturated carbocycles. The SMILES string of the molecule is CCC[C@@H](CCc1nnc(NC(=O)Cc2cccc(NC3CC(F)(F)C3)n2)s1)c1nnc(NC(=O)Cc2cccc(NC3CC(F)(F)C3)n2)s1. The van der Waals surface area contributed by atoms with Crippen LogP contribution in [0.2, 0.25) is 0 Å². The molecule has 4 heterocycles. The Kier molecular flexibility index (Phi) is 10.9. The van der Waals surface area contributed by atoms with E-state index in [0.29, 0.717) is 46.1 Å². The monoisotopic (exact) mass is 732 g/mol. The van der Waals surface area contributed by atoms with Crippen molar-refractivity contribution in [1.82, 2.24) is 30.4 Å². The van der Waals surface area contributed by atoms with Crippen molar-refractivity contribution < 1.29 is 27.2 Å². The second-order valence-electron chi connectivity index (χ2n) is 12.7. The minimum absolute atomic E-state index is 0.00989. The number of amides is 2. The first-order chi connectivity index (χ1) is 23.9. The van der Waals surface area contributed by atoms with Gasteiger partial charge < -0.3 is 21.3 Å². The maximum absolute atomic E-state index is 13.2. The zero-order valence-corrected chi connectivity index (χ0v) is 28.7. The van der Waals surface area contributed by atoms with E-state index in [2.05, 4.69) is 58.6 Å². The van der Waals surface area contributed by atoms with Crippen molar-refractivity contribution in [1.29, 1.82) is 0 Å². The van der Waals surface area contributed by atoms with Gasteiger partial charge in [0.1, 0.15) is 21.7 Å². The van der Waals surface area contributed by atoms with Gasteiger partial charge in [-0.25, -0.2) is 27.5 Å². The van der Waals surface area contributed by atoms with Gasteiger partial charge >= 0.3 is 0 Å². The number of carbonyl (C=O) groups excluding carboxylic acids is 2. The minimum atomic E-state index is -2.63. The number of alkyl halides is 4. The van der Waals surface area contributed by atoms with Crippen LogP contribution in [0.15, 0.2) is 36.4 Å². The Morgan fingerprint density at radius 2 is 1.28 bits per heavy atom. The molecule has 2 fully saturated rings. The van der Waals surface area contributed by atoms with Gasteiger partial charge in [0.05, 0.1) is 24.2 Å². The van der Waals surface area contributed by atoms with E-state index >= 15 is 0 Å². The molecule has 4 N–H and O–H groups in total. The molecular weight excluding hydrogens is 697 g/mol. The maximum Gasteiger partial charge on any atom is 0.252 e. The van der Waals surface area contributed by atoms with Crippen LogP contribution in [0.5, 0.6) is 0 Å². The Morgan fingerprint density at radius 3 is 1.80 bits per heavy atom. The quantitative estimate of drug-likeness (QED) is 0.0940.